The maximum Gasteiger partial charge on any atom is 0.142 e. The van der Waals surface area contributed by atoms with E-state index in [1.54, 1.807) is 6.07 Å². The van der Waals surface area contributed by atoms with Gasteiger partial charge in [0.15, 0.2) is 0 Å². The maximum atomic E-state index is 9.01. The second-order valence-corrected chi connectivity index (χ2v) is 5.65. The van der Waals surface area contributed by atoms with Gasteiger partial charge >= 0.3 is 0 Å². The molecule has 0 N–H and O–H groups in total. The smallest absolute Gasteiger partial charge is 0.142 e. The van der Waals surface area contributed by atoms with Crippen LogP contribution in [-0.2, 0) is 7.05 Å². The highest BCUT2D eigenvalue weighted by molar-refractivity contribution is 9.10. The summed E-state index contributed by atoms with van der Waals surface area (Å²) in [7, 11) is 1.97. The first-order valence-corrected chi connectivity index (χ1v) is 7.02. The van der Waals surface area contributed by atoms with Crippen molar-refractivity contribution >= 4 is 27.0 Å². The summed E-state index contributed by atoms with van der Waals surface area (Å²) in [6, 6.07) is 13.9. The zero-order valence-electron chi connectivity index (χ0n) is 11.2. The topological polar surface area (TPSA) is 41.6 Å². The monoisotopic (exact) mass is 325 g/mol. The van der Waals surface area contributed by atoms with Crippen molar-refractivity contribution in [3.8, 4) is 17.5 Å². The molecule has 0 bridgehead atoms. The van der Waals surface area contributed by atoms with E-state index >= 15 is 0 Å². The minimum absolute atomic E-state index is 0.648. The summed E-state index contributed by atoms with van der Waals surface area (Å²) >= 11 is 3.58. The lowest BCUT2D eigenvalue weighted by molar-refractivity contribution is 0.958. The van der Waals surface area contributed by atoms with Gasteiger partial charge in [-0.2, -0.15) is 5.26 Å². The van der Waals surface area contributed by atoms with Gasteiger partial charge in [-0.3, -0.25) is 0 Å². The molecule has 3 aromatic rings. The van der Waals surface area contributed by atoms with E-state index in [9.17, 15) is 0 Å². The van der Waals surface area contributed by atoms with Crippen LogP contribution < -0.4 is 0 Å². The van der Waals surface area contributed by atoms with Crippen molar-refractivity contribution in [2.24, 2.45) is 7.05 Å². The van der Waals surface area contributed by atoms with E-state index in [0.717, 1.165) is 26.9 Å². The Hall–Kier alpha value is -2.12. The number of fused-ring (bicyclic) bond motifs is 1. The van der Waals surface area contributed by atoms with Crippen LogP contribution in [0, 0.1) is 18.3 Å². The third kappa shape index (κ3) is 2.00. The lowest BCUT2D eigenvalue weighted by atomic mass is 10.1. The van der Waals surface area contributed by atoms with E-state index in [4.69, 9.17) is 5.26 Å². The minimum atomic E-state index is 0.648. The summed E-state index contributed by atoms with van der Waals surface area (Å²) in [5.41, 5.74) is 4.76. The van der Waals surface area contributed by atoms with Gasteiger partial charge in [-0.25, -0.2) is 4.98 Å². The van der Waals surface area contributed by atoms with Gasteiger partial charge in [0, 0.05) is 17.1 Å². The Morgan fingerprint density at radius 3 is 2.75 bits per heavy atom. The molecule has 0 aliphatic carbocycles. The van der Waals surface area contributed by atoms with E-state index in [-0.39, 0.29) is 0 Å². The van der Waals surface area contributed by atoms with Crippen LogP contribution in [-0.4, -0.2) is 9.55 Å². The number of hydrogen-bond donors (Lipinski definition) is 0. The van der Waals surface area contributed by atoms with Crippen molar-refractivity contribution in [2.75, 3.05) is 0 Å². The summed E-state index contributed by atoms with van der Waals surface area (Å²) in [6.07, 6.45) is 0. The Morgan fingerprint density at radius 1 is 1.20 bits per heavy atom. The first-order valence-electron chi connectivity index (χ1n) is 6.23. The van der Waals surface area contributed by atoms with Gasteiger partial charge in [-0.1, -0.05) is 27.6 Å². The van der Waals surface area contributed by atoms with Crippen molar-refractivity contribution < 1.29 is 0 Å². The van der Waals surface area contributed by atoms with Gasteiger partial charge in [0.2, 0.25) is 0 Å². The van der Waals surface area contributed by atoms with Crippen molar-refractivity contribution in [2.45, 2.75) is 6.92 Å². The quantitative estimate of drug-likeness (QED) is 0.673. The molecule has 3 nitrogen and oxygen atoms in total. The third-order valence-electron chi connectivity index (χ3n) is 3.37. The van der Waals surface area contributed by atoms with Gasteiger partial charge in [0.25, 0.3) is 0 Å². The summed E-state index contributed by atoms with van der Waals surface area (Å²) in [4.78, 5) is 4.68. The predicted molar refractivity (Wildman–Crippen MR) is 83.3 cm³/mol. The van der Waals surface area contributed by atoms with Crippen LogP contribution in [0.3, 0.4) is 0 Å². The second kappa shape index (κ2) is 4.77. The molecule has 0 radical (unpaired) electrons. The van der Waals surface area contributed by atoms with Crippen molar-refractivity contribution in [3.63, 3.8) is 0 Å². The SMILES string of the molecule is Cc1ccc(Br)c(-c2nc3ccc(C#N)cc3n2C)c1. The van der Waals surface area contributed by atoms with Gasteiger partial charge in [0.05, 0.1) is 22.7 Å². The summed E-state index contributed by atoms with van der Waals surface area (Å²) in [5, 5.41) is 9.01. The third-order valence-corrected chi connectivity index (χ3v) is 4.06. The van der Waals surface area contributed by atoms with Crippen molar-refractivity contribution in [3.05, 3.63) is 52.0 Å². The number of benzene rings is 2. The second-order valence-electron chi connectivity index (χ2n) is 4.79. The van der Waals surface area contributed by atoms with Crippen LogP contribution in [0.15, 0.2) is 40.9 Å². The van der Waals surface area contributed by atoms with E-state index in [2.05, 4.69) is 46.0 Å². The highest BCUT2D eigenvalue weighted by atomic mass is 79.9. The van der Waals surface area contributed by atoms with E-state index < -0.39 is 0 Å². The Kier molecular flexibility index (Phi) is 3.07. The van der Waals surface area contributed by atoms with Crippen molar-refractivity contribution in [1.29, 1.82) is 5.26 Å². The first kappa shape index (κ1) is 12.9. The highest BCUT2D eigenvalue weighted by Crippen LogP contribution is 2.30. The number of hydrogen-bond acceptors (Lipinski definition) is 2. The van der Waals surface area contributed by atoms with Crippen molar-refractivity contribution in [1.82, 2.24) is 9.55 Å². The summed E-state index contributed by atoms with van der Waals surface area (Å²) < 4.78 is 3.04. The number of rotatable bonds is 1. The van der Waals surface area contributed by atoms with Crippen LogP contribution in [0.25, 0.3) is 22.4 Å². The van der Waals surface area contributed by atoms with Crippen LogP contribution in [0.4, 0.5) is 0 Å². The molecule has 0 aliphatic rings. The molecule has 1 heterocycles. The van der Waals surface area contributed by atoms with Crippen LogP contribution in [0.2, 0.25) is 0 Å². The number of aryl methyl sites for hydroxylation is 2. The molecular weight excluding hydrogens is 314 g/mol. The minimum Gasteiger partial charge on any atom is -0.327 e. The zero-order valence-corrected chi connectivity index (χ0v) is 12.8. The number of aromatic nitrogens is 2. The summed E-state index contributed by atoms with van der Waals surface area (Å²) in [5.74, 6) is 0.894. The normalized spacial score (nSPS) is 10.7. The molecule has 0 amide bonds. The molecule has 0 fully saturated rings. The molecule has 0 aliphatic heterocycles. The standard InChI is InChI=1S/C16H12BrN3/c1-10-3-5-13(17)12(7-10)16-19-14-6-4-11(9-18)8-15(14)20(16)2/h3-8H,1-2H3. The molecule has 0 spiro atoms. The van der Waals surface area contributed by atoms with E-state index in [1.807, 2.05) is 29.8 Å². The first-order chi connectivity index (χ1) is 9.60. The number of imidazole rings is 1. The van der Waals surface area contributed by atoms with E-state index in [0.29, 0.717) is 5.56 Å². The van der Waals surface area contributed by atoms with Gasteiger partial charge in [0.1, 0.15) is 5.82 Å². The molecule has 98 valence electrons. The Bertz CT molecular complexity index is 856. The van der Waals surface area contributed by atoms with Gasteiger partial charge in [-0.05, 0) is 37.3 Å². The molecular formula is C16H12BrN3. The summed E-state index contributed by atoms with van der Waals surface area (Å²) in [6.45, 7) is 2.06. The Balaban J connectivity index is 2.30. The van der Waals surface area contributed by atoms with Crippen LogP contribution in [0.1, 0.15) is 11.1 Å². The molecule has 0 atom stereocenters. The molecule has 0 saturated carbocycles. The fourth-order valence-corrected chi connectivity index (χ4v) is 2.73. The molecule has 2 aromatic carbocycles. The molecule has 4 heteroatoms. The molecule has 20 heavy (non-hydrogen) atoms. The fourth-order valence-electron chi connectivity index (χ4n) is 2.31. The Labute approximate surface area is 125 Å². The van der Waals surface area contributed by atoms with Crippen LogP contribution >= 0.6 is 15.9 Å². The predicted octanol–water partition coefficient (Wildman–Crippen LogP) is 4.18. The number of nitriles is 1. The number of nitrogens with zero attached hydrogens (tertiary/aromatic N) is 3. The lowest BCUT2D eigenvalue weighted by Crippen LogP contribution is -1.94. The average molecular weight is 326 g/mol. The lowest BCUT2D eigenvalue weighted by Gasteiger charge is -2.06. The van der Waals surface area contributed by atoms with Crippen LogP contribution in [0.5, 0.6) is 0 Å². The molecule has 0 saturated heterocycles. The highest BCUT2D eigenvalue weighted by Gasteiger charge is 2.13. The fraction of sp³-hybridized carbons (Fsp3) is 0.125. The molecule has 1 aromatic heterocycles. The molecule has 0 unspecified atom stereocenters. The largest absolute Gasteiger partial charge is 0.327 e. The zero-order chi connectivity index (χ0) is 14.3. The maximum absolute atomic E-state index is 9.01. The Morgan fingerprint density at radius 2 is 2.00 bits per heavy atom. The number of halogens is 1. The molecule has 3 rings (SSSR count). The average Bonchev–Trinajstić information content (AvgIpc) is 2.78. The van der Waals surface area contributed by atoms with Gasteiger partial charge < -0.3 is 4.57 Å². The van der Waals surface area contributed by atoms with Gasteiger partial charge in [-0.15, -0.1) is 0 Å². The van der Waals surface area contributed by atoms with E-state index in [1.165, 1.54) is 5.56 Å².